The number of halogens is 3. The summed E-state index contributed by atoms with van der Waals surface area (Å²) in [6, 6.07) is 11.6. The van der Waals surface area contributed by atoms with E-state index in [-0.39, 0.29) is 27.2 Å². The third-order valence-corrected chi connectivity index (χ3v) is 4.82. The first-order chi connectivity index (χ1) is 13.8. The maximum Gasteiger partial charge on any atom is 0.327 e. The normalized spacial score (nSPS) is 10.5. The number of anilines is 1. The number of hydrogen-bond acceptors (Lipinski definition) is 3. The smallest absolute Gasteiger partial charge is 0.292 e. The first-order valence-corrected chi connectivity index (χ1v) is 9.32. The van der Waals surface area contributed by atoms with Crippen molar-refractivity contribution in [1.82, 2.24) is 10.3 Å². The molecule has 0 saturated heterocycles. The van der Waals surface area contributed by atoms with E-state index in [0.29, 0.717) is 5.69 Å². The van der Waals surface area contributed by atoms with Crippen molar-refractivity contribution >= 4 is 41.0 Å². The van der Waals surface area contributed by atoms with Crippen LogP contribution in [0.4, 0.5) is 15.0 Å². The zero-order chi connectivity index (χ0) is 21.1. The lowest BCUT2D eigenvalue weighted by Crippen LogP contribution is -2.35. The Hall–Kier alpha value is -2.96. The summed E-state index contributed by atoms with van der Waals surface area (Å²) in [5.74, 6) is -0.786. The number of benzene rings is 2. The van der Waals surface area contributed by atoms with E-state index in [0.717, 1.165) is 16.7 Å². The molecule has 0 aliphatic carbocycles. The van der Waals surface area contributed by atoms with Crippen molar-refractivity contribution in [3.63, 3.8) is 0 Å². The van der Waals surface area contributed by atoms with Crippen LogP contribution in [0.1, 0.15) is 21.6 Å². The second-order valence-electron chi connectivity index (χ2n) is 6.30. The van der Waals surface area contributed by atoms with Gasteiger partial charge in [0.05, 0.1) is 15.6 Å². The van der Waals surface area contributed by atoms with Crippen molar-refractivity contribution in [1.29, 1.82) is 0 Å². The van der Waals surface area contributed by atoms with Gasteiger partial charge in [0.2, 0.25) is 0 Å². The van der Waals surface area contributed by atoms with Crippen LogP contribution in [0.15, 0.2) is 48.5 Å². The van der Waals surface area contributed by atoms with Crippen LogP contribution >= 0.6 is 23.2 Å². The highest BCUT2D eigenvalue weighted by atomic mass is 35.5. The number of carbonyl (C=O) groups excluding carboxylic acids is 2. The van der Waals surface area contributed by atoms with E-state index in [1.807, 2.05) is 6.92 Å². The van der Waals surface area contributed by atoms with Crippen LogP contribution in [0, 0.1) is 19.7 Å². The summed E-state index contributed by atoms with van der Waals surface area (Å²) >= 11 is 12.0. The minimum Gasteiger partial charge on any atom is -0.292 e. The van der Waals surface area contributed by atoms with Gasteiger partial charge in [0, 0.05) is 11.3 Å². The Morgan fingerprint density at radius 2 is 1.62 bits per heavy atom. The Kier molecular flexibility index (Phi) is 6.15. The highest BCUT2D eigenvalue weighted by Gasteiger charge is 2.18. The fraction of sp³-hybridized carbons (Fsp3) is 0.0952. The number of amides is 3. The molecule has 0 unspecified atom stereocenters. The molecule has 8 heteroatoms. The molecule has 3 amide bonds. The van der Waals surface area contributed by atoms with Crippen molar-refractivity contribution in [2.45, 2.75) is 13.8 Å². The fourth-order valence-corrected chi connectivity index (χ4v) is 3.55. The first kappa shape index (κ1) is 20.8. The van der Waals surface area contributed by atoms with Gasteiger partial charge in [-0.25, -0.2) is 14.2 Å². The lowest BCUT2D eigenvalue weighted by atomic mass is 9.99. The molecule has 0 spiro atoms. The molecule has 0 aliphatic heterocycles. The van der Waals surface area contributed by atoms with E-state index in [1.165, 1.54) is 24.3 Å². The van der Waals surface area contributed by atoms with E-state index in [2.05, 4.69) is 15.6 Å². The highest BCUT2D eigenvalue weighted by Crippen LogP contribution is 2.28. The number of aromatic nitrogens is 1. The van der Waals surface area contributed by atoms with Crippen LogP contribution in [-0.2, 0) is 0 Å². The van der Waals surface area contributed by atoms with Gasteiger partial charge in [-0.3, -0.25) is 15.4 Å². The third-order valence-electron chi connectivity index (χ3n) is 4.19. The molecule has 0 atom stereocenters. The summed E-state index contributed by atoms with van der Waals surface area (Å²) in [6.45, 7) is 3.63. The lowest BCUT2D eigenvalue weighted by Gasteiger charge is -2.13. The quantitative estimate of drug-likeness (QED) is 0.552. The average Bonchev–Trinajstić information content (AvgIpc) is 2.62. The second-order valence-corrected chi connectivity index (χ2v) is 7.11. The van der Waals surface area contributed by atoms with Crippen LogP contribution < -0.4 is 10.6 Å². The predicted octanol–water partition coefficient (Wildman–Crippen LogP) is 5.77. The van der Waals surface area contributed by atoms with Crippen LogP contribution in [-0.4, -0.2) is 16.9 Å². The predicted molar refractivity (Wildman–Crippen MR) is 112 cm³/mol. The Morgan fingerprint density at radius 1 is 1.00 bits per heavy atom. The molecule has 1 aromatic heterocycles. The van der Waals surface area contributed by atoms with Crippen LogP contribution in [0.2, 0.25) is 10.0 Å². The first-order valence-electron chi connectivity index (χ1n) is 8.57. The molecule has 0 fully saturated rings. The van der Waals surface area contributed by atoms with Crippen molar-refractivity contribution < 1.29 is 14.0 Å². The number of urea groups is 1. The SMILES string of the molecule is Cc1cc(NC(=O)NC(=O)c2c(Cl)cccc2Cl)nc(C)c1-c1ccc(F)cc1. The Balaban J connectivity index is 1.77. The standard InChI is InChI=1S/C21H16Cl2FN3O2/c1-11-10-17(25-12(2)18(11)13-6-8-14(24)9-7-13)26-21(29)27-20(28)19-15(22)4-3-5-16(19)23/h3-10H,1-2H3,(H2,25,26,27,28,29). The van der Waals surface area contributed by atoms with Crippen molar-refractivity contribution in [2.24, 2.45) is 0 Å². The average molecular weight is 432 g/mol. The van der Waals surface area contributed by atoms with Crippen molar-refractivity contribution in [3.8, 4) is 11.1 Å². The highest BCUT2D eigenvalue weighted by molar-refractivity contribution is 6.40. The summed E-state index contributed by atoms with van der Waals surface area (Å²) in [4.78, 5) is 28.9. The molecule has 0 aliphatic rings. The molecule has 148 valence electrons. The lowest BCUT2D eigenvalue weighted by molar-refractivity contribution is 0.0967. The molecule has 0 radical (unpaired) electrons. The van der Waals surface area contributed by atoms with Gasteiger partial charge in [-0.2, -0.15) is 0 Å². The number of hydrogen-bond donors (Lipinski definition) is 2. The largest absolute Gasteiger partial charge is 0.327 e. The molecule has 3 aromatic rings. The van der Waals surface area contributed by atoms with E-state index < -0.39 is 11.9 Å². The Bertz CT molecular complexity index is 1060. The summed E-state index contributed by atoms with van der Waals surface area (Å²) in [5, 5.41) is 4.97. The maximum atomic E-state index is 13.2. The monoisotopic (exact) mass is 431 g/mol. The minimum absolute atomic E-state index is 0.0120. The minimum atomic E-state index is -0.771. The van der Waals surface area contributed by atoms with Crippen LogP contribution in [0.25, 0.3) is 11.1 Å². The molecule has 1 heterocycles. The van der Waals surface area contributed by atoms with Gasteiger partial charge >= 0.3 is 6.03 Å². The number of aryl methyl sites for hydroxylation is 2. The summed E-state index contributed by atoms with van der Waals surface area (Å²) in [5.41, 5.74) is 3.15. The second kappa shape index (κ2) is 8.59. The third kappa shape index (κ3) is 4.72. The summed E-state index contributed by atoms with van der Waals surface area (Å²) in [7, 11) is 0. The van der Waals surface area contributed by atoms with Gasteiger partial charge in [0.15, 0.2) is 0 Å². The molecule has 5 nitrogen and oxygen atoms in total. The zero-order valence-corrected chi connectivity index (χ0v) is 17.0. The molecule has 3 rings (SSSR count). The number of carbonyl (C=O) groups is 2. The van der Waals surface area contributed by atoms with Gasteiger partial charge in [0.1, 0.15) is 11.6 Å². The van der Waals surface area contributed by atoms with E-state index in [9.17, 15) is 14.0 Å². The molecule has 2 aromatic carbocycles. The van der Waals surface area contributed by atoms with Crippen LogP contribution in [0.5, 0.6) is 0 Å². The zero-order valence-electron chi connectivity index (χ0n) is 15.5. The van der Waals surface area contributed by atoms with Crippen LogP contribution in [0.3, 0.4) is 0 Å². The summed E-state index contributed by atoms with van der Waals surface area (Å²) in [6.07, 6.45) is 0. The number of rotatable bonds is 3. The Morgan fingerprint density at radius 3 is 2.21 bits per heavy atom. The molecule has 29 heavy (non-hydrogen) atoms. The number of pyridine rings is 1. The molecular weight excluding hydrogens is 416 g/mol. The number of imide groups is 1. The molecular formula is C21H16Cl2FN3O2. The maximum absolute atomic E-state index is 13.2. The molecule has 2 N–H and O–H groups in total. The van der Waals surface area contributed by atoms with Gasteiger partial charge < -0.3 is 0 Å². The van der Waals surface area contributed by atoms with E-state index in [4.69, 9.17) is 23.2 Å². The van der Waals surface area contributed by atoms with Gasteiger partial charge in [-0.05, 0) is 55.3 Å². The fourth-order valence-electron chi connectivity index (χ4n) is 2.98. The number of nitrogens with one attached hydrogen (secondary N) is 2. The Labute approximate surface area is 176 Å². The van der Waals surface area contributed by atoms with Gasteiger partial charge in [0.25, 0.3) is 5.91 Å². The molecule has 0 saturated carbocycles. The number of nitrogens with zero attached hydrogens (tertiary/aromatic N) is 1. The topological polar surface area (TPSA) is 71.1 Å². The molecule has 0 bridgehead atoms. The van der Waals surface area contributed by atoms with Gasteiger partial charge in [-0.1, -0.05) is 41.4 Å². The van der Waals surface area contributed by atoms with E-state index in [1.54, 1.807) is 31.2 Å². The summed E-state index contributed by atoms with van der Waals surface area (Å²) < 4.78 is 13.2. The van der Waals surface area contributed by atoms with E-state index >= 15 is 0 Å². The van der Waals surface area contributed by atoms with Crippen molar-refractivity contribution in [3.05, 3.63) is 81.2 Å². The van der Waals surface area contributed by atoms with Gasteiger partial charge in [-0.15, -0.1) is 0 Å². The van der Waals surface area contributed by atoms with Crippen molar-refractivity contribution in [2.75, 3.05) is 5.32 Å².